The van der Waals surface area contributed by atoms with E-state index in [9.17, 15) is 0 Å². The molecule has 0 spiro atoms. The van der Waals surface area contributed by atoms with E-state index < -0.39 is 19.0 Å². The van der Waals surface area contributed by atoms with E-state index >= 15 is 0 Å². The summed E-state index contributed by atoms with van der Waals surface area (Å²) in [6.07, 6.45) is 9.09. The van der Waals surface area contributed by atoms with Crippen molar-refractivity contribution in [3.8, 4) is 0 Å². The molecule has 34 heavy (non-hydrogen) atoms. The highest BCUT2D eigenvalue weighted by Crippen LogP contribution is 2.46. The van der Waals surface area contributed by atoms with Gasteiger partial charge in [0.1, 0.15) is 0 Å². The first kappa shape index (κ1) is 35.7. The zero-order valence-corrected chi connectivity index (χ0v) is 29.1. The van der Waals surface area contributed by atoms with Crippen LogP contribution >= 0.6 is 41.2 Å². The molecule has 10 heteroatoms. The van der Waals surface area contributed by atoms with Gasteiger partial charge in [0.2, 0.25) is 0 Å². The van der Waals surface area contributed by atoms with Crippen molar-refractivity contribution in [2.24, 2.45) is 0 Å². The molecule has 0 aromatic carbocycles. The predicted octanol–water partition coefficient (Wildman–Crippen LogP) is 7.45. The molecule has 0 atom stereocenters. The second-order valence-electron chi connectivity index (χ2n) is 8.79. The number of hydrogen-bond donors (Lipinski definition) is 0. The minimum atomic E-state index is -0.449. The first-order valence-electron chi connectivity index (χ1n) is 13.7. The molecule has 0 heterocycles. The van der Waals surface area contributed by atoms with Gasteiger partial charge in [-0.3, -0.25) is 0 Å². The van der Waals surface area contributed by atoms with Crippen LogP contribution in [0.4, 0.5) is 0 Å². The Balaban J connectivity index is 4.75. The van der Waals surface area contributed by atoms with Crippen LogP contribution < -0.4 is 0 Å². The summed E-state index contributed by atoms with van der Waals surface area (Å²) >= 11 is 0. The lowest BCUT2D eigenvalue weighted by atomic mass is 10.3. The van der Waals surface area contributed by atoms with E-state index in [1.165, 1.54) is 12.1 Å². The Labute approximate surface area is 231 Å². The van der Waals surface area contributed by atoms with Crippen LogP contribution in [0.2, 0.25) is 12.1 Å². The molecule has 4 nitrogen and oxygen atoms in total. The second kappa shape index (κ2) is 25.0. The van der Waals surface area contributed by atoms with Gasteiger partial charge in [0.25, 0.3) is 0 Å². The van der Waals surface area contributed by atoms with Crippen LogP contribution in [-0.2, 0) is 18.9 Å². The fraction of sp³-hybridized carbons (Fsp3) is 1.00. The number of unbranched alkanes of at least 4 members (excludes halogenated alkanes) is 4. The van der Waals surface area contributed by atoms with Gasteiger partial charge in [-0.1, -0.05) is 101 Å². The van der Waals surface area contributed by atoms with Gasteiger partial charge >= 0.3 is 0 Å². The van der Waals surface area contributed by atoms with E-state index in [1.54, 1.807) is 0 Å². The Morgan fingerprint density at radius 1 is 0.500 bits per heavy atom. The Kier molecular flexibility index (Phi) is 26.2. The molecule has 0 aromatic rings. The van der Waals surface area contributed by atoms with Crippen molar-refractivity contribution in [1.82, 2.24) is 0 Å². The summed E-state index contributed by atoms with van der Waals surface area (Å²) in [5, 5.41) is 0. The first-order chi connectivity index (χ1) is 16.6. The predicted molar refractivity (Wildman–Crippen MR) is 167 cm³/mol. The fourth-order valence-corrected chi connectivity index (χ4v) is 14.8. The van der Waals surface area contributed by atoms with E-state index in [1.807, 2.05) is 41.2 Å². The zero-order chi connectivity index (χ0) is 25.4. The van der Waals surface area contributed by atoms with E-state index in [-0.39, 0.29) is 10.8 Å². The minimum Gasteiger partial charge on any atom is -0.354 e. The molecule has 206 valence electrons. The molecule has 0 aliphatic carbocycles. The van der Waals surface area contributed by atoms with Gasteiger partial charge in [-0.05, 0) is 45.3 Å². The fourth-order valence-electron chi connectivity index (χ4n) is 3.32. The van der Waals surface area contributed by atoms with Crippen LogP contribution in [0, 0.1) is 0 Å². The summed E-state index contributed by atoms with van der Waals surface area (Å²) < 4.78 is 25.7. The highest BCUT2D eigenvalue weighted by Gasteiger charge is 2.33. The normalized spacial score (nSPS) is 13.2. The van der Waals surface area contributed by atoms with Gasteiger partial charge < -0.3 is 18.9 Å². The van der Waals surface area contributed by atoms with Crippen molar-refractivity contribution in [3.05, 3.63) is 0 Å². The average molecular weight is 591 g/mol. The molecule has 0 amide bonds. The maximum absolute atomic E-state index is 6.41. The van der Waals surface area contributed by atoms with Crippen LogP contribution in [0.5, 0.6) is 0 Å². The van der Waals surface area contributed by atoms with Gasteiger partial charge in [-0.15, -0.1) is 0 Å². The molecule has 0 aliphatic heterocycles. The molecule has 0 unspecified atom stereocenters. The summed E-state index contributed by atoms with van der Waals surface area (Å²) in [7, 11) is 6.62. The smallest absolute Gasteiger partial charge is 0.154 e. The molecule has 0 saturated heterocycles. The molecular weight excluding hydrogens is 537 g/mol. The van der Waals surface area contributed by atoms with Gasteiger partial charge in [0.05, 0.1) is 30.5 Å². The second-order valence-corrected chi connectivity index (χ2v) is 19.9. The van der Waals surface area contributed by atoms with Gasteiger partial charge in [-0.25, -0.2) is 0 Å². The average Bonchev–Trinajstić information content (AvgIpc) is 2.82. The van der Waals surface area contributed by atoms with Crippen LogP contribution in [0.3, 0.4) is 0 Å². The maximum Gasteiger partial charge on any atom is 0.154 e. The monoisotopic (exact) mass is 590 g/mol. The number of ether oxygens (including phenoxy) is 4. The highest BCUT2D eigenvalue weighted by molar-refractivity contribution is 9.26. The van der Waals surface area contributed by atoms with Gasteiger partial charge in [-0.2, -0.15) is 0 Å². The summed E-state index contributed by atoms with van der Waals surface area (Å²) in [6, 6.07) is 2.42. The Morgan fingerprint density at radius 2 is 0.794 bits per heavy atom. The van der Waals surface area contributed by atoms with Crippen molar-refractivity contribution in [3.63, 3.8) is 0 Å². The van der Waals surface area contributed by atoms with E-state index in [0.717, 1.165) is 89.3 Å². The highest BCUT2D eigenvalue weighted by atomic mass is 33.7. The van der Waals surface area contributed by atoms with E-state index in [4.69, 9.17) is 18.9 Å². The summed E-state index contributed by atoms with van der Waals surface area (Å²) in [4.78, 5) is 0. The third kappa shape index (κ3) is 18.0. The summed E-state index contributed by atoms with van der Waals surface area (Å²) in [5.74, 6) is 1.85. The quantitative estimate of drug-likeness (QED) is 0.0422. The molecule has 0 fully saturated rings. The maximum atomic E-state index is 6.41. The Hall–Kier alpha value is 1.67. The zero-order valence-electron chi connectivity index (χ0n) is 23.0. The molecule has 0 N–H and O–H groups in total. The van der Waals surface area contributed by atoms with Crippen molar-refractivity contribution < 1.29 is 18.9 Å². The van der Waals surface area contributed by atoms with Crippen molar-refractivity contribution in [1.29, 1.82) is 0 Å². The SMILES string of the molecule is CCCCOC(CSSSSCC(OCCCC)(OCCCC)[SiH2]CC)(OCCCC)[SiH2]CC. The summed E-state index contributed by atoms with van der Waals surface area (Å²) in [6.45, 7) is 16.7. The molecule has 0 rings (SSSR count). The molecule has 0 bridgehead atoms. The molecule has 0 aromatic heterocycles. The summed E-state index contributed by atoms with van der Waals surface area (Å²) in [5.41, 5.74) is -0.624. The minimum absolute atomic E-state index is 0.312. The van der Waals surface area contributed by atoms with Crippen LogP contribution in [0.15, 0.2) is 0 Å². The van der Waals surface area contributed by atoms with E-state index in [2.05, 4.69) is 41.5 Å². The lowest BCUT2D eigenvalue weighted by molar-refractivity contribution is -0.166. The van der Waals surface area contributed by atoms with Crippen molar-refractivity contribution >= 4 is 60.3 Å². The van der Waals surface area contributed by atoms with Crippen LogP contribution in [0.25, 0.3) is 0 Å². The third-order valence-electron chi connectivity index (χ3n) is 5.40. The molecular formula is C24H54O4S4Si2. The lowest BCUT2D eigenvalue weighted by Crippen LogP contribution is -2.45. The van der Waals surface area contributed by atoms with Crippen LogP contribution in [-0.4, -0.2) is 67.8 Å². The largest absolute Gasteiger partial charge is 0.354 e. The first-order valence-corrected chi connectivity index (χ1v) is 22.3. The number of rotatable bonds is 27. The van der Waals surface area contributed by atoms with Gasteiger partial charge in [0, 0.05) is 26.4 Å². The number of hydrogen-bond acceptors (Lipinski definition) is 8. The lowest BCUT2D eigenvalue weighted by Gasteiger charge is -2.34. The topological polar surface area (TPSA) is 36.9 Å². The molecule has 0 radical (unpaired) electrons. The van der Waals surface area contributed by atoms with Crippen molar-refractivity contribution in [2.75, 3.05) is 37.9 Å². The molecule has 0 aliphatic rings. The molecule has 0 saturated carbocycles. The third-order valence-corrected chi connectivity index (χ3v) is 16.5. The van der Waals surface area contributed by atoms with Crippen LogP contribution in [0.1, 0.15) is 92.9 Å². The van der Waals surface area contributed by atoms with Crippen molar-refractivity contribution in [2.45, 2.75) is 116 Å². The Bertz CT molecular complexity index is 382. The Morgan fingerprint density at radius 3 is 1.03 bits per heavy atom. The van der Waals surface area contributed by atoms with E-state index in [0.29, 0.717) is 0 Å². The standard InChI is InChI=1S/C24H54O4S4Si2/c1-7-13-17-25-23(33-11-5,26-18-14-8-2)21-29-31-32-30-22-24(34-12-6,27-19-15-9-3)28-20-16-10-4/h7-22,33-34H2,1-6H3. The van der Waals surface area contributed by atoms with Gasteiger partial charge in [0.15, 0.2) is 10.8 Å².